The average molecular weight is 515 g/mol. The van der Waals surface area contributed by atoms with Crippen LogP contribution in [-0.2, 0) is 0 Å². The number of nitrogens with zero attached hydrogens (tertiary/aromatic N) is 4. The fourth-order valence-electron chi connectivity index (χ4n) is 5.68. The van der Waals surface area contributed by atoms with Gasteiger partial charge in [0.15, 0.2) is 11.6 Å². The van der Waals surface area contributed by atoms with Gasteiger partial charge in [-0.25, -0.2) is 4.98 Å². The second kappa shape index (κ2) is 9.07. The smallest absolute Gasteiger partial charge is 0.158 e. The van der Waals surface area contributed by atoms with Gasteiger partial charge in [0.1, 0.15) is 0 Å². The van der Waals surface area contributed by atoms with Crippen LogP contribution in [0.2, 0.25) is 0 Å². The molecule has 4 aromatic carbocycles. The first kappa shape index (κ1) is 23.6. The maximum Gasteiger partial charge on any atom is 0.158 e. The molecule has 3 aromatic heterocycles. The van der Waals surface area contributed by atoms with Crippen molar-refractivity contribution >= 4 is 67.9 Å². The molecule has 0 aliphatic rings. The van der Waals surface area contributed by atoms with Crippen LogP contribution in [0.4, 0.5) is 0 Å². The summed E-state index contributed by atoms with van der Waals surface area (Å²) in [6, 6.07) is 25.5. The van der Waals surface area contributed by atoms with E-state index in [2.05, 4.69) is 113 Å². The molecule has 0 atom stereocenters. The summed E-state index contributed by atoms with van der Waals surface area (Å²) in [5, 5.41) is 4.53. The molecule has 0 bridgehead atoms. The molecule has 7 rings (SSSR count). The van der Waals surface area contributed by atoms with Gasteiger partial charge in [-0.15, -0.1) is 0 Å². The fraction of sp³-hybridized carbons (Fsp3) is 0. The van der Waals surface area contributed by atoms with E-state index in [1.165, 1.54) is 0 Å². The topological polar surface area (TPSA) is 35.6 Å². The van der Waals surface area contributed by atoms with Crippen LogP contribution in [0, 0.1) is 0 Å². The molecule has 0 fully saturated rings. The SMILES string of the molecule is C=Cc1ccc2c(c1)c1cc(C=C)ccc1n2-c1cncc(-n2c3ccc(C=C)cc3c3cc(C=C)ccc32)n1. The Morgan fingerprint density at radius 2 is 0.750 bits per heavy atom. The Labute approximate surface area is 232 Å². The third-order valence-corrected chi connectivity index (χ3v) is 7.64. The summed E-state index contributed by atoms with van der Waals surface area (Å²) in [4.78, 5) is 9.90. The van der Waals surface area contributed by atoms with Gasteiger partial charge in [-0.2, -0.15) is 0 Å². The molecule has 0 N–H and O–H groups in total. The number of hydrogen-bond acceptors (Lipinski definition) is 2. The van der Waals surface area contributed by atoms with Gasteiger partial charge in [0.05, 0.1) is 34.5 Å². The Morgan fingerprint density at radius 1 is 0.450 bits per heavy atom. The van der Waals surface area contributed by atoms with E-state index in [-0.39, 0.29) is 0 Å². The van der Waals surface area contributed by atoms with Crippen molar-refractivity contribution in [3.63, 3.8) is 0 Å². The van der Waals surface area contributed by atoms with E-state index >= 15 is 0 Å². The predicted octanol–water partition coefficient (Wildman–Crippen LogP) is 9.24. The van der Waals surface area contributed by atoms with E-state index in [1.807, 2.05) is 36.7 Å². The van der Waals surface area contributed by atoms with Crippen molar-refractivity contribution in [3.8, 4) is 11.6 Å². The zero-order valence-electron chi connectivity index (χ0n) is 22.0. The van der Waals surface area contributed by atoms with E-state index in [1.54, 1.807) is 0 Å². The Bertz CT molecular complexity index is 1910. The average Bonchev–Trinajstić information content (AvgIpc) is 3.51. The Balaban J connectivity index is 1.53. The van der Waals surface area contributed by atoms with Crippen molar-refractivity contribution in [1.29, 1.82) is 0 Å². The minimum absolute atomic E-state index is 0.746. The van der Waals surface area contributed by atoms with Crippen LogP contribution in [0.25, 0.3) is 79.6 Å². The summed E-state index contributed by atoms with van der Waals surface area (Å²) in [5.74, 6) is 1.49. The van der Waals surface area contributed by atoms with Crippen LogP contribution < -0.4 is 0 Å². The van der Waals surface area contributed by atoms with Gasteiger partial charge in [-0.1, -0.05) is 74.9 Å². The molecule has 7 aromatic rings. The lowest BCUT2D eigenvalue weighted by Crippen LogP contribution is -2.04. The molecule has 0 aliphatic heterocycles. The summed E-state index contributed by atoms with van der Waals surface area (Å²) in [6.45, 7) is 15.9. The van der Waals surface area contributed by atoms with Crippen LogP contribution in [0.1, 0.15) is 22.3 Å². The molecule has 0 unspecified atom stereocenters. The van der Waals surface area contributed by atoms with E-state index in [0.717, 1.165) is 77.5 Å². The maximum absolute atomic E-state index is 5.21. The second-order valence-electron chi connectivity index (χ2n) is 9.83. The monoisotopic (exact) mass is 514 g/mol. The third kappa shape index (κ3) is 3.47. The lowest BCUT2D eigenvalue weighted by atomic mass is 10.1. The molecule has 0 aliphatic carbocycles. The van der Waals surface area contributed by atoms with Crippen LogP contribution in [-0.4, -0.2) is 19.1 Å². The van der Waals surface area contributed by atoms with E-state index in [9.17, 15) is 0 Å². The summed E-state index contributed by atoms with van der Waals surface area (Å²) in [5.41, 5.74) is 8.50. The van der Waals surface area contributed by atoms with Gasteiger partial charge in [0, 0.05) is 21.5 Å². The number of aromatic nitrogens is 4. The molecule has 4 heteroatoms. The second-order valence-corrected chi connectivity index (χ2v) is 9.83. The van der Waals surface area contributed by atoms with Gasteiger partial charge in [0.2, 0.25) is 0 Å². The Hall–Kier alpha value is -5.48. The predicted molar refractivity (Wildman–Crippen MR) is 171 cm³/mol. The third-order valence-electron chi connectivity index (χ3n) is 7.64. The number of fused-ring (bicyclic) bond motifs is 6. The summed E-state index contributed by atoms with van der Waals surface area (Å²) >= 11 is 0. The van der Waals surface area contributed by atoms with Crippen LogP contribution in [0.3, 0.4) is 0 Å². The van der Waals surface area contributed by atoms with Gasteiger partial charge < -0.3 is 0 Å². The van der Waals surface area contributed by atoms with Crippen LogP contribution >= 0.6 is 0 Å². The van der Waals surface area contributed by atoms with Crippen molar-refractivity contribution < 1.29 is 0 Å². The highest BCUT2D eigenvalue weighted by Gasteiger charge is 2.18. The normalized spacial score (nSPS) is 11.4. The van der Waals surface area contributed by atoms with Crippen molar-refractivity contribution in [3.05, 3.63) is 134 Å². The molecule has 190 valence electrons. The minimum Gasteiger partial charge on any atom is -0.292 e. The Kier molecular flexibility index (Phi) is 5.36. The zero-order chi connectivity index (χ0) is 27.4. The standard InChI is InChI=1S/C36H26N4/c1-5-23-9-13-31-27(17-23)28-18-24(6-2)10-14-32(28)39(31)35-21-37-22-36(38-35)40-33-15-11-25(7-3)19-29(33)30-20-26(8-4)12-16-34(30)40/h5-22H,1-4H2. The molecule has 0 radical (unpaired) electrons. The number of hydrogen-bond donors (Lipinski definition) is 0. The first-order valence-electron chi connectivity index (χ1n) is 13.1. The minimum atomic E-state index is 0.746. The lowest BCUT2D eigenvalue weighted by Gasteiger charge is -2.11. The first-order chi connectivity index (χ1) is 19.6. The Morgan fingerprint density at radius 3 is 1.02 bits per heavy atom. The molecule has 3 heterocycles. The summed E-state index contributed by atoms with van der Waals surface area (Å²) in [6.07, 6.45) is 11.1. The van der Waals surface area contributed by atoms with Crippen molar-refractivity contribution in [1.82, 2.24) is 19.1 Å². The van der Waals surface area contributed by atoms with Crippen molar-refractivity contribution in [2.75, 3.05) is 0 Å². The van der Waals surface area contributed by atoms with E-state index in [0.29, 0.717) is 0 Å². The largest absolute Gasteiger partial charge is 0.292 e. The highest BCUT2D eigenvalue weighted by Crippen LogP contribution is 2.35. The van der Waals surface area contributed by atoms with E-state index < -0.39 is 0 Å². The van der Waals surface area contributed by atoms with Crippen LogP contribution in [0.5, 0.6) is 0 Å². The van der Waals surface area contributed by atoms with Crippen molar-refractivity contribution in [2.24, 2.45) is 0 Å². The van der Waals surface area contributed by atoms with E-state index in [4.69, 9.17) is 4.98 Å². The lowest BCUT2D eigenvalue weighted by molar-refractivity contribution is 0.979. The number of rotatable bonds is 6. The van der Waals surface area contributed by atoms with Gasteiger partial charge >= 0.3 is 0 Å². The fourth-order valence-corrected chi connectivity index (χ4v) is 5.68. The molecular formula is C36H26N4. The van der Waals surface area contributed by atoms with Gasteiger partial charge in [0.25, 0.3) is 0 Å². The highest BCUT2D eigenvalue weighted by molar-refractivity contribution is 6.11. The molecule has 0 spiro atoms. The molecule has 0 amide bonds. The zero-order valence-corrected chi connectivity index (χ0v) is 22.0. The van der Waals surface area contributed by atoms with Gasteiger partial charge in [-0.3, -0.25) is 14.1 Å². The van der Waals surface area contributed by atoms with Gasteiger partial charge in [-0.05, 0) is 70.8 Å². The van der Waals surface area contributed by atoms with Crippen molar-refractivity contribution in [2.45, 2.75) is 0 Å². The quantitative estimate of drug-likeness (QED) is 0.222. The summed E-state index contributed by atoms with van der Waals surface area (Å²) in [7, 11) is 0. The molecule has 40 heavy (non-hydrogen) atoms. The molecular weight excluding hydrogens is 488 g/mol. The maximum atomic E-state index is 5.21. The number of benzene rings is 4. The van der Waals surface area contributed by atoms with Crippen LogP contribution in [0.15, 0.2) is 112 Å². The molecule has 0 saturated carbocycles. The first-order valence-corrected chi connectivity index (χ1v) is 13.1. The molecule has 4 nitrogen and oxygen atoms in total. The highest BCUT2D eigenvalue weighted by atomic mass is 15.2. The molecule has 0 saturated heterocycles. The summed E-state index contributed by atoms with van der Waals surface area (Å²) < 4.78 is 4.36.